The standard InChI is InChI=1S/C19H25N5O6/c1-20-17(13-18(26)21(2)19(20)27)23-9-7-22(8-10-23)6-3-11-30-16-5-4-14(24(28)29)12-15(16)25/h4-5,12-13,25H,3,6-11H2,1-2H3. The van der Waals surface area contributed by atoms with Crippen LogP contribution in [0.25, 0.3) is 0 Å². The summed E-state index contributed by atoms with van der Waals surface area (Å²) in [5.41, 5.74) is -0.847. The normalized spacial score (nSPS) is 14.7. The minimum Gasteiger partial charge on any atom is -0.504 e. The quantitative estimate of drug-likeness (QED) is 0.386. The number of phenols is 1. The molecule has 1 aromatic heterocycles. The molecule has 0 saturated carbocycles. The van der Waals surface area contributed by atoms with Crippen molar-refractivity contribution < 1.29 is 14.8 Å². The van der Waals surface area contributed by atoms with Crippen LogP contribution < -0.4 is 20.9 Å². The summed E-state index contributed by atoms with van der Waals surface area (Å²) < 4.78 is 8.09. The Balaban J connectivity index is 1.46. The molecule has 1 fully saturated rings. The Labute approximate surface area is 172 Å². The lowest BCUT2D eigenvalue weighted by molar-refractivity contribution is -0.385. The molecule has 162 valence electrons. The molecule has 0 atom stereocenters. The SMILES string of the molecule is Cn1c(N2CCN(CCCOc3ccc([N+](=O)[O-])cc3O)CC2)cc(=O)n(C)c1=O. The van der Waals surface area contributed by atoms with Crippen molar-refractivity contribution in [1.82, 2.24) is 14.0 Å². The van der Waals surface area contributed by atoms with Gasteiger partial charge in [-0.15, -0.1) is 0 Å². The number of benzene rings is 1. The van der Waals surface area contributed by atoms with Gasteiger partial charge in [0.2, 0.25) is 0 Å². The van der Waals surface area contributed by atoms with Gasteiger partial charge in [0.1, 0.15) is 5.82 Å². The third-order valence-corrected chi connectivity index (χ3v) is 5.23. The number of hydrogen-bond acceptors (Lipinski definition) is 8. The number of ether oxygens (including phenoxy) is 1. The summed E-state index contributed by atoms with van der Waals surface area (Å²) >= 11 is 0. The summed E-state index contributed by atoms with van der Waals surface area (Å²) in [7, 11) is 3.12. The fourth-order valence-electron chi connectivity index (χ4n) is 3.44. The van der Waals surface area contributed by atoms with E-state index in [4.69, 9.17) is 4.74 Å². The largest absolute Gasteiger partial charge is 0.504 e. The predicted octanol–water partition coefficient (Wildman–Crippen LogP) is 0.289. The summed E-state index contributed by atoms with van der Waals surface area (Å²) in [5.74, 6) is 0.592. The Bertz CT molecular complexity index is 1040. The van der Waals surface area contributed by atoms with Gasteiger partial charge in [-0.25, -0.2) is 4.79 Å². The molecule has 1 aliphatic heterocycles. The third kappa shape index (κ3) is 4.62. The van der Waals surface area contributed by atoms with E-state index in [-0.39, 0.29) is 28.4 Å². The van der Waals surface area contributed by atoms with E-state index in [0.717, 1.165) is 36.7 Å². The molecule has 11 heteroatoms. The number of aromatic hydroxyl groups is 1. The lowest BCUT2D eigenvalue weighted by Gasteiger charge is -2.36. The molecule has 0 bridgehead atoms. The van der Waals surface area contributed by atoms with E-state index in [0.29, 0.717) is 25.5 Å². The number of nitro benzene ring substituents is 1. The molecule has 0 unspecified atom stereocenters. The molecular formula is C19H25N5O6. The summed E-state index contributed by atoms with van der Waals surface area (Å²) in [4.78, 5) is 38.5. The zero-order valence-corrected chi connectivity index (χ0v) is 17.0. The van der Waals surface area contributed by atoms with E-state index in [1.165, 1.54) is 29.8 Å². The van der Waals surface area contributed by atoms with Crippen LogP contribution in [0.15, 0.2) is 33.9 Å². The minimum absolute atomic E-state index is 0.188. The summed E-state index contributed by atoms with van der Waals surface area (Å²) in [6.45, 7) is 4.12. The molecule has 1 aliphatic rings. The maximum absolute atomic E-state index is 12.1. The van der Waals surface area contributed by atoms with Gasteiger partial charge in [0, 0.05) is 59.0 Å². The Morgan fingerprint density at radius 2 is 1.80 bits per heavy atom. The molecular weight excluding hydrogens is 394 g/mol. The molecule has 0 aliphatic carbocycles. The van der Waals surface area contributed by atoms with E-state index in [2.05, 4.69) is 4.90 Å². The van der Waals surface area contributed by atoms with Crippen LogP contribution in [0.2, 0.25) is 0 Å². The van der Waals surface area contributed by atoms with Crippen molar-refractivity contribution >= 4 is 11.5 Å². The molecule has 2 heterocycles. The van der Waals surface area contributed by atoms with E-state index >= 15 is 0 Å². The molecule has 11 nitrogen and oxygen atoms in total. The van der Waals surface area contributed by atoms with Crippen LogP contribution in [0.1, 0.15) is 6.42 Å². The van der Waals surface area contributed by atoms with Gasteiger partial charge in [-0.1, -0.05) is 0 Å². The molecule has 0 spiro atoms. The van der Waals surface area contributed by atoms with Crippen molar-refractivity contribution in [2.24, 2.45) is 14.1 Å². The molecule has 1 saturated heterocycles. The van der Waals surface area contributed by atoms with Gasteiger partial charge >= 0.3 is 5.69 Å². The Kier molecular flexibility index (Phi) is 6.40. The lowest BCUT2D eigenvalue weighted by atomic mass is 10.2. The number of nitrogens with zero attached hydrogens (tertiary/aromatic N) is 5. The van der Waals surface area contributed by atoms with Gasteiger partial charge in [-0.05, 0) is 12.5 Å². The van der Waals surface area contributed by atoms with Crippen LogP contribution in [0.4, 0.5) is 11.5 Å². The summed E-state index contributed by atoms with van der Waals surface area (Å²) in [6.07, 6.45) is 0.723. The second-order valence-corrected chi connectivity index (χ2v) is 7.18. The molecule has 30 heavy (non-hydrogen) atoms. The number of phenolic OH excluding ortho intramolecular Hbond substituents is 1. The maximum atomic E-state index is 12.1. The van der Waals surface area contributed by atoms with E-state index in [9.17, 15) is 24.8 Å². The van der Waals surface area contributed by atoms with E-state index < -0.39 is 4.92 Å². The number of non-ortho nitro benzene ring substituents is 1. The number of anilines is 1. The van der Waals surface area contributed by atoms with E-state index in [1.807, 2.05) is 4.90 Å². The average Bonchev–Trinajstić information content (AvgIpc) is 2.73. The average molecular weight is 419 g/mol. The number of hydrogen-bond donors (Lipinski definition) is 1. The van der Waals surface area contributed by atoms with Crippen LogP contribution in [0.5, 0.6) is 11.5 Å². The van der Waals surface area contributed by atoms with Gasteiger partial charge in [0.15, 0.2) is 11.5 Å². The third-order valence-electron chi connectivity index (χ3n) is 5.23. The van der Waals surface area contributed by atoms with Crippen LogP contribution in [-0.2, 0) is 14.1 Å². The first-order valence-electron chi connectivity index (χ1n) is 9.62. The van der Waals surface area contributed by atoms with Gasteiger partial charge in [0.05, 0.1) is 17.6 Å². The molecule has 1 N–H and O–H groups in total. The highest BCUT2D eigenvalue weighted by molar-refractivity contribution is 5.47. The van der Waals surface area contributed by atoms with Crippen LogP contribution in [0.3, 0.4) is 0 Å². The van der Waals surface area contributed by atoms with Gasteiger partial charge in [0.25, 0.3) is 11.2 Å². The van der Waals surface area contributed by atoms with Gasteiger partial charge in [-0.2, -0.15) is 0 Å². The lowest BCUT2D eigenvalue weighted by Crippen LogP contribution is -2.49. The smallest absolute Gasteiger partial charge is 0.332 e. The van der Waals surface area contributed by atoms with Crippen LogP contribution >= 0.6 is 0 Å². The highest BCUT2D eigenvalue weighted by Gasteiger charge is 2.20. The zero-order valence-electron chi connectivity index (χ0n) is 17.0. The summed E-state index contributed by atoms with van der Waals surface area (Å²) in [6, 6.07) is 5.24. The van der Waals surface area contributed by atoms with Crippen molar-refractivity contribution in [2.45, 2.75) is 6.42 Å². The first-order valence-corrected chi connectivity index (χ1v) is 9.62. The fraction of sp³-hybridized carbons (Fsp3) is 0.474. The Morgan fingerprint density at radius 1 is 1.10 bits per heavy atom. The first kappa shape index (κ1) is 21.4. The van der Waals surface area contributed by atoms with Gasteiger partial charge < -0.3 is 14.7 Å². The second kappa shape index (κ2) is 8.99. The number of piperazine rings is 1. The van der Waals surface area contributed by atoms with Crippen molar-refractivity contribution in [1.29, 1.82) is 0 Å². The zero-order chi connectivity index (χ0) is 21.8. The number of nitro groups is 1. The van der Waals surface area contributed by atoms with Crippen molar-refractivity contribution in [3.8, 4) is 11.5 Å². The van der Waals surface area contributed by atoms with Crippen LogP contribution in [0, 0.1) is 10.1 Å². The van der Waals surface area contributed by atoms with Crippen molar-refractivity contribution in [3.05, 3.63) is 55.2 Å². The highest BCUT2D eigenvalue weighted by atomic mass is 16.6. The predicted molar refractivity (Wildman–Crippen MR) is 110 cm³/mol. The molecule has 3 rings (SSSR count). The fourth-order valence-corrected chi connectivity index (χ4v) is 3.44. The summed E-state index contributed by atoms with van der Waals surface area (Å²) in [5, 5.41) is 20.5. The second-order valence-electron chi connectivity index (χ2n) is 7.18. The molecule has 1 aromatic carbocycles. The monoisotopic (exact) mass is 419 g/mol. The maximum Gasteiger partial charge on any atom is 0.332 e. The van der Waals surface area contributed by atoms with Crippen LogP contribution in [-0.4, -0.2) is 63.4 Å². The molecule has 0 radical (unpaired) electrons. The van der Waals surface area contributed by atoms with Crippen molar-refractivity contribution in [2.75, 3.05) is 44.2 Å². The van der Waals surface area contributed by atoms with E-state index in [1.54, 1.807) is 7.05 Å². The van der Waals surface area contributed by atoms with Gasteiger partial charge in [-0.3, -0.25) is 28.9 Å². The number of aromatic nitrogens is 2. The molecule has 0 amide bonds. The van der Waals surface area contributed by atoms with Crippen molar-refractivity contribution in [3.63, 3.8) is 0 Å². The highest BCUT2D eigenvalue weighted by Crippen LogP contribution is 2.30. The Morgan fingerprint density at radius 3 is 2.43 bits per heavy atom. The number of rotatable bonds is 7. The topological polar surface area (TPSA) is 123 Å². The Hall–Kier alpha value is -3.34. The first-order chi connectivity index (χ1) is 14.3. The molecule has 2 aromatic rings. The minimum atomic E-state index is -0.575.